The molecular weight excluding hydrogens is 402 g/mol. The van der Waals surface area contributed by atoms with Gasteiger partial charge < -0.3 is 9.04 Å². The largest absolute Gasteiger partial charge is 0.744 e. The van der Waals surface area contributed by atoms with Crippen LogP contribution < -0.4 is 0 Å². The predicted molar refractivity (Wildman–Crippen MR) is 108 cm³/mol. The van der Waals surface area contributed by atoms with E-state index < -0.39 is 10.1 Å². The van der Waals surface area contributed by atoms with E-state index in [1.165, 1.54) is 68.2 Å². The van der Waals surface area contributed by atoms with Gasteiger partial charge in [0.15, 0.2) is 0 Å². The molecule has 0 saturated heterocycles. The topological polar surface area (TPSA) is 57.2 Å². The monoisotopic (exact) mass is 435 g/mol. The zero-order chi connectivity index (χ0) is 19.3. The van der Waals surface area contributed by atoms with Gasteiger partial charge in [0.1, 0.15) is 10.1 Å². The second kappa shape index (κ2) is 12.8. The summed E-state index contributed by atoms with van der Waals surface area (Å²) in [6.45, 7) is 6.67. The molecule has 1 rings (SSSR count). The second-order valence-electron chi connectivity index (χ2n) is 7.11. The normalized spacial score (nSPS) is 11.8. The number of nitrogens with zero attached hydrogens (tertiary/aromatic N) is 1. The molecule has 1 aromatic rings. The van der Waals surface area contributed by atoms with Gasteiger partial charge in [0.05, 0.1) is 37.4 Å². The predicted octanol–water partition coefficient (Wildman–Crippen LogP) is 4.72. The van der Waals surface area contributed by atoms with Crippen molar-refractivity contribution in [1.82, 2.24) is 0 Å². The number of benzene rings is 1. The zero-order valence-corrected chi connectivity index (χ0v) is 18.5. The quantitative estimate of drug-likeness (QED) is 0.231. The SMILES string of the molecule is CCCCCCCC[N+](C)(C)CCBr.Cc1ccc(S(=O)(=O)[O-])cc1. The van der Waals surface area contributed by atoms with Crippen LogP contribution >= 0.6 is 15.9 Å². The first-order chi connectivity index (χ1) is 11.6. The third-order valence-corrected chi connectivity index (χ3v) is 5.32. The minimum Gasteiger partial charge on any atom is -0.744 e. The van der Waals surface area contributed by atoms with Crippen LogP contribution in [0, 0.1) is 6.92 Å². The van der Waals surface area contributed by atoms with Gasteiger partial charge in [-0.2, -0.15) is 0 Å². The van der Waals surface area contributed by atoms with Gasteiger partial charge in [0, 0.05) is 0 Å². The van der Waals surface area contributed by atoms with Crippen LogP contribution in [0.5, 0.6) is 0 Å². The molecule has 0 saturated carbocycles. The first kappa shape index (κ1) is 24.6. The van der Waals surface area contributed by atoms with E-state index in [4.69, 9.17) is 0 Å². The van der Waals surface area contributed by atoms with E-state index in [0.29, 0.717) is 0 Å². The van der Waals surface area contributed by atoms with Crippen LogP contribution in [0.2, 0.25) is 0 Å². The molecule has 6 heteroatoms. The summed E-state index contributed by atoms with van der Waals surface area (Å²) >= 11 is 3.51. The Labute approximate surface area is 163 Å². The van der Waals surface area contributed by atoms with Gasteiger partial charge >= 0.3 is 0 Å². The van der Waals surface area contributed by atoms with Gasteiger partial charge in [-0.1, -0.05) is 66.2 Å². The van der Waals surface area contributed by atoms with Crippen LogP contribution in [0.4, 0.5) is 0 Å². The maximum absolute atomic E-state index is 10.4. The summed E-state index contributed by atoms with van der Waals surface area (Å²) in [5.41, 5.74) is 0.928. The first-order valence-corrected chi connectivity index (χ1v) is 11.6. The van der Waals surface area contributed by atoms with Gasteiger partial charge in [-0.25, -0.2) is 8.42 Å². The molecule has 146 valence electrons. The minimum absolute atomic E-state index is 0.178. The lowest BCUT2D eigenvalue weighted by atomic mass is 10.1. The van der Waals surface area contributed by atoms with Gasteiger partial charge in [-0.15, -0.1) is 0 Å². The highest BCUT2D eigenvalue weighted by Crippen LogP contribution is 2.09. The van der Waals surface area contributed by atoms with Crippen molar-refractivity contribution in [3.8, 4) is 0 Å². The molecule has 0 aliphatic heterocycles. The van der Waals surface area contributed by atoms with Crippen LogP contribution in [0.15, 0.2) is 29.2 Å². The summed E-state index contributed by atoms with van der Waals surface area (Å²) in [4.78, 5) is -0.178. The van der Waals surface area contributed by atoms with Crippen LogP contribution in [0.1, 0.15) is 51.0 Å². The maximum atomic E-state index is 10.4. The Morgan fingerprint density at radius 2 is 1.48 bits per heavy atom. The lowest BCUT2D eigenvalue weighted by Crippen LogP contribution is -2.41. The van der Waals surface area contributed by atoms with E-state index in [0.717, 1.165) is 10.9 Å². The average molecular weight is 436 g/mol. The Morgan fingerprint density at radius 3 is 1.96 bits per heavy atom. The molecule has 0 unspecified atom stereocenters. The average Bonchev–Trinajstić information content (AvgIpc) is 2.51. The number of hydrogen-bond acceptors (Lipinski definition) is 3. The van der Waals surface area contributed by atoms with Gasteiger partial charge in [-0.3, -0.25) is 0 Å². The van der Waals surface area contributed by atoms with Crippen molar-refractivity contribution in [2.75, 3.05) is 32.5 Å². The van der Waals surface area contributed by atoms with E-state index in [2.05, 4.69) is 36.9 Å². The third-order valence-electron chi connectivity index (χ3n) is 4.12. The van der Waals surface area contributed by atoms with Crippen molar-refractivity contribution in [2.45, 2.75) is 57.3 Å². The Balaban J connectivity index is 0.000000472. The minimum atomic E-state index is -4.27. The number of rotatable bonds is 10. The van der Waals surface area contributed by atoms with Crippen molar-refractivity contribution in [1.29, 1.82) is 0 Å². The smallest absolute Gasteiger partial charge is 0.124 e. The number of aryl methyl sites for hydroxylation is 1. The molecule has 0 N–H and O–H groups in total. The van der Waals surface area contributed by atoms with Crippen molar-refractivity contribution >= 4 is 26.0 Å². The van der Waals surface area contributed by atoms with Crippen molar-refractivity contribution in [3.05, 3.63) is 29.8 Å². The molecular formula is C19H34BrNO3S. The fourth-order valence-corrected chi connectivity index (χ4v) is 3.80. The van der Waals surface area contributed by atoms with Crippen molar-refractivity contribution in [3.63, 3.8) is 0 Å². The molecule has 1 aromatic carbocycles. The molecule has 0 aliphatic rings. The van der Waals surface area contributed by atoms with E-state index in [1.807, 2.05) is 6.92 Å². The lowest BCUT2D eigenvalue weighted by molar-refractivity contribution is -0.887. The molecule has 0 radical (unpaired) electrons. The molecule has 4 nitrogen and oxygen atoms in total. The van der Waals surface area contributed by atoms with Gasteiger partial charge in [0.2, 0.25) is 0 Å². The molecule has 0 heterocycles. The van der Waals surface area contributed by atoms with E-state index in [1.54, 1.807) is 12.1 Å². The van der Waals surface area contributed by atoms with Crippen molar-refractivity contribution < 1.29 is 17.5 Å². The van der Waals surface area contributed by atoms with Crippen LogP contribution in [0.25, 0.3) is 0 Å². The van der Waals surface area contributed by atoms with Crippen LogP contribution in [-0.4, -0.2) is 50.0 Å². The van der Waals surface area contributed by atoms with Crippen LogP contribution in [0.3, 0.4) is 0 Å². The fraction of sp³-hybridized carbons (Fsp3) is 0.684. The van der Waals surface area contributed by atoms with E-state index in [-0.39, 0.29) is 4.90 Å². The first-order valence-electron chi connectivity index (χ1n) is 9.03. The standard InChI is InChI=1S/C12H27BrN.C7H8O3S/c1-4-5-6-7-8-9-11-14(2,3)12-10-13;1-6-2-4-7(5-3-6)11(8,9)10/h4-12H2,1-3H3;2-5H,1H3,(H,8,9,10)/q+1;/p-1. The van der Waals surface area contributed by atoms with Gasteiger partial charge in [0.25, 0.3) is 0 Å². The van der Waals surface area contributed by atoms with E-state index in [9.17, 15) is 13.0 Å². The molecule has 0 aromatic heterocycles. The highest BCUT2D eigenvalue weighted by atomic mass is 79.9. The Kier molecular flexibility index (Phi) is 12.6. The summed E-state index contributed by atoms with van der Waals surface area (Å²) in [5.74, 6) is 0. The molecule has 0 aliphatic carbocycles. The number of alkyl halides is 1. The highest BCUT2D eigenvalue weighted by Gasteiger charge is 2.12. The number of hydrogen-bond donors (Lipinski definition) is 0. The Bertz CT molecular complexity index is 557. The molecule has 0 fully saturated rings. The summed E-state index contributed by atoms with van der Waals surface area (Å²) in [6.07, 6.45) is 8.45. The highest BCUT2D eigenvalue weighted by molar-refractivity contribution is 9.09. The summed E-state index contributed by atoms with van der Waals surface area (Å²) < 4.78 is 32.3. The zero-order valence-electron chi connectivity index (χ0n) is 16.1. The Morgan fingerprint density at radius 1 is 0.960 bits per heavy atom. The molecule has 0 amide bonds. The Hall–Kier alpha value is -0.430. The summed E-state index contributed by atoms with van der Waals surface area (Å²) in [7, 11) is 0.384. The summed E-state index contributed by atoms with van der Waals surface area (Å²) in [6, 6.07) is 5.78. The second-order valence-corrected chi connectivity index (χ2v) is 9.28. The van der Waals surface area contributed by atoms with Crippen molar-refractivity contribution in [2.24, 2.45) is 0 Å². The molecule has 25 heavy (non-hydrogen) atoms. The molecule has 0 spiro atoms. The molecule has 0 atom stereocenters. The fourth-order valence-electron chi connectivity index (χ4n) is 2.37. The maximum Gasteiger partial charge on any atom is 0.124 e. The number of quaternary nitrogens is 1. The number of halogens is 1. The lowest BCUT2D eigenvalue weighted by Gasteiger charge is -2.29. The third kappa shape index (κ3) is 13.4. The van der Waals surface area contributed by atoms with Crippen LogP contribution in [-0.2, 0) is 10.1 Å². The summed E-state index contributed by atoms with van der Waals surface area (Å²) in [5, 5.41) is 1.12. The molecule has 0 bridgehead atoms. The number of unbranched alkanes of at least 4 members (excludes halogenated alkanes) is 5. The van der Waals surface area contributed by atoms with E-state index >= 15 is 0 Å². The van der Waals surface area contributed by atoms with Gasteiger partial charge in [-0.05, 0) is 31.9 Å².